The molecule has 9 nitrogen and oxygen atoms in total. The molecule has 1 amide bonds. The van der Waals surface area contributed by atoms with Gasteiger partial charge in [0.15, 0.2) is 0 Å². The van der Waals surface area contributed by atoms with E-state index in [-0.39, 0.29) is 12.1 Å². The molecule has 9 heteroatoms. The van der Waals surface area contributed by atoms with Crippen LogP contribution in [0.1, 0.15) is 78.2 Å². The lowest BCUT2D eigenvalue weighted by Crippen LogP contribution is -2.44. The highest BCUT2D eigenvalue weighted by atomic mass is 16.6. The standard InChI is InChI=1S/C24H37N7O2/c1-24(2,3)33-23(32)27-17-9-11-18(12-10-17)30(4)22-25-14-13-20(29-22)28-21-15-31(16-26-21)19-7-5-6-8-19/h13-19H,5-12H2,1-4H3,(H,27,32)(H,25,28,29). The fourth-order valence-corrected chi connectivity index (χ4v) is 4.77. The van der Waals surface area contributed by atoms with Gasteiger partial charge < -0.3 is 24.8 Å². The van der Waals surface area contributed by atoms with Crippen LogP contribution in [0.15, 0.2) is 24.8 Å². The van der Waals surface area contributed by atoms with Gasteiger partial charge in [-0.15, -0.1) is 0 Å². The molecule has 0 bridgehead atoms. The molecule has 33 heavy (non-hydrogen) atoms. The molecule has 2 N–H and O–H groups in total. The van der Waals surface area contributed by atoms with Crippen molar-refractivity contribution in [1.82, 2.24) is 24.8 Å². The Morgan fingerprint density at radius 2 is 1.82 bits per heavy atom. The van der Waals surface area contributed by atoms with Crippen LogP contribution in [0.2, 0.25) is 0 Å². The minimum atomic E-state index is -0.480. The van der Waals surface area contributed by atoms with Crippen LogP contribution in [0.3, 0.4) is 0 Å². The van der Waals surface area contributed by atoms with Crippen LogP contribution in [0.25, 0.3) is 0 Å². The van der Waals surface area contributed by atoms with E-state index in [0.717, 1.165) is 37.3 Å². The highest BCUT2D eigenvalue weighted by Crippen LogP contribution is 2.30. The van der Waals surface area contributed by atoms with E-state index in [1.54, 1.807) is 6.20 Å². The van der Waals surface area contributed by atoms with Gasteiger partial charge in [0.25, 0.3) is 0 Å². The summed E-state index contributed by atoms with van der Waals surface area (Å²) in [6, 6.07) is 2.92. The van der Waals surface area contributed by atoms with E-state index in [2.05, 4.69) is 36.3 Å². The van der Waals surface area contributed by atoms with Gasteiger partial charge in [-0.25, -0.2) is 14.8 Å². The van der Waals surface area contributed by atoms with E-state index in [4.69, 9.17) is 9.72 Å². The van der Waals surface area contributed by atoms with E-state index in [1.165, 1.54) is 25.7 Å². The first-order chi connectivity index (χ1) is 15.8. The van der Waals surface area contributed by atoms with Crippen LogP contribution in [0.5, 0.6) is 0 Å². The van der Waals surface area contributed by atoms with Gasteiger partial charge in [-0.05, 0) is 65.4 Å². The summed E-state index contributed by atoms with van der Waals surface area (Å²) in [5.74, 6) is 2.24. The Bertz CT molecular complexity index is 925. The summed E-state index contributed by atoms with van der Waals surface area (Å²) in [5, 5.41) is 6.33. The molecule has 0 atom stereocenters. The van der Waals surface area contributed by atoms with E-state index < -0.39 is 5.60 Å². The maximum Gasteiger partial charge on any atom is 0.407 e. The molecule has 180 valence electrons. The summed E-state index contributed by atoms with van der Waals surface area (Å²) in [5.41, 5.74) is -0.480. The van der Waals surface area contributed by atoms with E-state index >= 15 is 0 Å². The predicted octanol–water partition coefficient (Wildman–Crippen LogP) is 4.80. The molecule has 2 aromatic rings. The largest absolute Gasteiger partial charge is 0.444 e. The monoisotopic (exact) mass is 455 g/mol. The fourth-order valence-electron chi connectivity index (χ4n) is 4.77. The van der Waals surface area contributed by atoms with Gasteiger partial charge in [0, 0.05) is 37.6 Å². The summed E-state index contributed by atoms with van der Waals surface area (Å²) < 4.78 is 7.60. The van der Waals surface area contributed by atoms with Crippen molar-refractivity contribution in [2.75, 3.05) is 17.3 Å². The number of ether oxygens (including phenoxy) is 1. The third-order valence-electron chi connectivity index (χ3n) is 6.53. The minimum absolute atomic E-state index is 0.147. The molecule has 2 aliphatic rings. The molecule has 2 aromatic heterocycles. The summed E-state index contributed by atoms with van der Waals surface area (Å²) in [6.45, 7) is 5.63. The zero-order valence-electron chi connectivity index (χ0n) is 20.3. The lowest BCUT2D eigenvalue weighted by Gasteiger charge is -2.35. The summed E-state index contributed by atoms with van der Waals surface area (Å²) in [7, 11) is 2.04. The van der Waals surface area contributed by atoms with Crippen molar-refractivity contribution in [3.05, 3.63) is 24.8 Å². The number of hydrogen-bond donors (Lipinski definition) is 2. The van der Waals surface area contributed by atoms with Crippen molar-refractivity contribution >= 4 is 23.7 Å². The Kier molecular flexibility index (Phi) is 7.05. The number of hydrogen-bond acceptors (Lipinski definition) is 7. The van der Waals surface area contributed by atoms with Crippen LogP contribution in [-0.2, 0) is 4.74 Å². The smallest absolute Gasteiger partial charge is 0.407 e. The number of nitrogens with one attached hydrogen (secondary N) is 2. The van der Waals surface area contributed by atoms with Crippen LogP contribution in [-0.4, -0.2) is 50.3 Å². The third-order valence-corrected chi connectivity index (χ3v) is 6.53. The van der Waals surface area contributed by atoms with Crippen molar-refractivity contribution in [2.24, 2.45) is 0 Å². The molecule has 4 rings (SSSR count). The Balaban J connectivity index is 1.30. The number of nitrogens with zero attached hydrogens (tertiary/aromatic N) is 5. The summed E-state index contributed by atoms with van der Waals surface area (Å²) in [6.07, 6.45) is 14.2. The molecular formula is C24H37N7O2. The Morgan fingerprint density at radius 3 is 2.52 bits per heavy atom. The molecule has 0 unspecified atom stereocenters. The van der Waals surface area contributed by atoms with E-state index in [9.17, 15) is 4.79 Å². The highest BCUT2D eigenvalue weighted by molar-refractivity contribution is 5.68. The molecule has 0 spiro atoms. The Morgan fingerprint density at radius 1 is 1.09 bits per heavy atom. The van der Waals surface area contributed by atoms with Crippen LogP contribution < -0.4 is 15.5 Å². The number of rotatable bonds is 6. The van der Waals surface area contributed by atoms with Crippen molar-refractivity contribution in [3.63, 3.8) is 0 Å². The second kappa shape index (κ2) is 9.97. The number of aromatic nitrogens is 4. The number of carbonyl (C=O) groups excluding carboxylic acids is 1. The number of carbonyl (C=O) groups is 1. The molecule has 0 saturated heterocycles. The molecule has 2 fully saturated rings. The quantitative estimate of drug-likeness (QED) is 0.645. The molecule has 0 radical (unpaired) electrons. The van der Waals surface area contributed by atoms with Crippen molar-refractivity contribution in [2.45, 2.75) is 95.9 Å². The lowest BCUT2D eigenvalue weighted by molar-refractivity contribution is 0.0491. The minimum Gasteiger partial charge on any atom is -0.444 e. The molecular weight excluding hydrogens is 418 g/mol. The number of amides is 1. The summed E-state index contributed by atoms with van der Waals surface area (Å²) >= 11 is 0. The highest BCUT2D eigenvalue weighted by Gasteiger charge is 2.27. The lowest BCUT2D eigenvalue weighted by atomic mass is 9.90. The first-order valence-corrected chi connectivity index (χ1v) is 12.1. The average Bonchev–Trinajstić information content (AvgIpc) is 3.45. The van der Waals surface area contributed by atoms with Crippen molar-refractivity contribution in [1.29, 1.82) is 0 Å². The first-order valence-electron chi connectivity index (χ1n) is 12.1. The molecule has 2 aliphatic carbocycles. The number of imidazole rings is 1. The molecule has 0 aliphatic heterocycles. The third kappa shape index (κ3) is 6.36. The Hall–Kier alpha value is -2.84. The van der Waals surface area contributed by atoms with Crippen molar-refractivity contribution < 1.29 is 9.53 Å². The van der Waals surface area contributed by atoms with Gasteiger partial charge in [0.05, 0.1) is 6.33 Å². The number of alkyl carbamates (subject to hydrolysis) is 1. The normalized spacial score (nSPS) is 21.6. The van der Waals surface area contributed by atoms with Gasteiger partial charge in [0.1, 0.15) is 17.2 Å². The molecule has 0 aromatic carbocycles. The second-order valence-corrected chi connectivity index (χ2v) is 10.3. The van der Waals surface area contributed by atoms with Gasteiger partial charge in [-0.2, -0.15) is 4.98 Å². The van der Waals surface area contributed by atoms with E-state index in [1.807, 2.05) is 40.2 Å². The van der Waals surface area contributed by atoms with E-state index in [0.29, 0.717) is 18.0 Å². The second-order valence-electron chi connectivity index (χ2n) is 10.3. The zero-order valence-corrected chi connectivity index (χ0v) is 20.3. The topological polar surface area (TPSA) is 97.2 Å². The predicted molar refractivity (Wildman–Crippen MR) is 129 cm³/mol. The first kappa shape index (κ1) is 23.3. The van der Waals surface area contributed by atoms with Crippen LogP contribution >= 0.6 is 0 Å². The average molecular weight is 456 g/mol. The van der Waals surface area contributed by atoms with Gasteiger partial charge in [-0.1, -0.05) is 12.8 Å². The molecule has 2 heterocycles. The Labute approximate surface area is 196 Å². The van der Waals surface area contributed by atoms with Crippen LogP contribution in [0, 0.1) is 0 Å². The summed E-state index contributed by atoms with van der Waals surface area (Å²) in [4.78, 5) is 27.9. The van der Waals surface area contributed by atoms with Gasteiger partial charge in [-0.3, -0.25) is 0 Å². The molecule has 2 saturated carbocycles. The maximum absolute atomic E-state index is 12.1. The zero-order chi connectivity index (χ0) is 23.4. The van der Waals surface area contributed by atoms with Gasteiger partial charge >= 0.3 is 6.09 Å². The SMILES string of the molecule is CN(c1nccc(Nc2cn(C3CCCC3)cn2)n1)C1CCC(NC(=O)OC(C)(C)C)CC1. The van der Waals surface area contributed by atoms with Crippen molar-refractivity contribution in [3.8, 4) is 0 Å². The number of anilines is 3. The van der Waals surface area contributed by atoms with Crippen LogP contribution in [0.4, 0.5) is 22.4 Å². The van der Waals surface area contributed by atoms with Gasteiger partial charge in [0.2, 0.25) is 5.95 Å². The fraction of sp³-hybridized carbons (Fsp3) is 0.667. The maximum atomic E-state index is 12.1.